The van der Waals surface area contributed by atoms with Crippen LogP contribution in [0, 0.1) is 18.8 Å². The number of hydrogen-bond donors (Lipinski definition) is 1. The second-order valence-corrected chi connectivity index (χ2v) is 6.20. The van der Waals surface area contributed by atoms with Crippen molar-refractivity contribution in [3.63, 3.8) is 0 Å². The van der Waals surface area contributed by atoms with Crippen molar-refractivity contribution in [1.29, 1.82) is 0 Å². The van der Waals surface area contributed by atoms with Crippen LogP contribution in [0.5, 0.6) is 5.88 Å². The third-order valence-corrected chi connectivity index (χ3v) is 4.38. The minimum absolute atomic E-state index is 0.682. The van der Waals surface area contributed by atoms with Crippen LogP contribution < -0.4 is 10.1 Å². The molecule has 0 radical (unpaired) electrons. The average Bonchev–Trinajstić information content (AvgIpc) is 2.51. The second-order valence-electron chi connectivity index (χ2n) is 6.20. The number of rotatable bonds is 7. The first kappa shape index (κ1) is 16.1. The Bertz CT molecular complexity index is 428. The largest absolute Gasteiger partial charge is 0.478 e. The molecule has 1 aliphatic rings. The molecule has 1 aliphatic carbocycles. The molecule has 1 saturated carbocycles. The number of nitrogens with zero attached hydrogens (tertiary/aromatic N) is 2. The van der Waals surface area contributed by atoms with Crippen molar-refractivity contribution in [1.82, 2.24) is 9.97 Å². The standard InChI is InChI=1S/C17H29N3O/c1-4-10-21-16-11-13(3)19-17(20-16)18-12-15-8-6-14(5-2)7-9-15/h11,14-15H,4-10,12H2,1-3H3,(H,18,19,20). The fraction of sp³-hybridized carbons (Fsp3) is 0.765. The Morgan fingerprint density at radius 2 is 1.86 bits per heavy atom. The van der Waals surface area contributed by atoms with Gasteiger partial charge in [0.25, 0.3) is 0 Å². The first-order valence-electron chi connectivity index (χ1n) is 8.43. The first-order chi connectivity index (χ1) is 10.2. The van der Waals surface area contributed by atoms with Crippen molar-refractivity contribution in [2.24, 2.45) is 11.8 Å². The molecule has 0 atom stereocenters. The third-order valence-electron chi connectivity index (χ3n) is 4.38. The van der Waals surface area contributed by atoms with Gasteiger partial charge in [0.05, 0.1) is 6.61 Å². The predicted octanol–water partition coefficient (Wildman–Crippen LogP) is 4.20. The molecule has 0 amide bonds. The van der Waals surface area contributed by atoms with Crippen molar-refractivity contribution in [2.45, 2.75) is 59.3 Å². The van der Waals surface area contributed by atoms with Crippen LogP contribution >= 0.6 is 0 Å². The Morgan fingerprint density at radius 3 is 2.52 bits per heavy atom. The average molecular weight is 291 g/mol. The van der Waals surface area contributed by atoms with Crippen molar-refractivity contribution in [2.75, 3.05) is 18.5 Å². The summed E-state index contributed by atoms with van der Waals surface area (Å²) in [5.74, 6) is 3.10. The Balaban J connectivity index is 1.84. The maximum atomic E-state index is 5.61. The van der Waals surface area contributed by atoms with Crippen LogP contribution in [0.4, 0.5) is 5.95 Å². The first-order valence-corrected chi connectivity index (χ1v) is 8.43. The molecular weight excluding hydrogens is 262 g/mol. The van der Waals surface area contributed by atoms with Crippen LogP contribution in [-0.4, -0.2) is 23.1 Å². The van der Waals surface area contributed by atoms with Gasteiger partial charge in [0.2, 0.25) is 11.8 Å². The minimum atomic E-state index is 0.682. The normalized spacial score (nSPS) is 22.0. The molecule has 1 heterocycles. The van der Waals surface area contributed by atoms with Crippen LogP contribution in [0.25, 0.3) is 0 Å². The Labute approximate surface area is 128 Å². The number of nitrogens with one attached hydrogen (secondary N) is 1. The van der Waals surface area contributed by atoms with E-state index in [9.17, 15) is 0 Å². The molecule has 1 aromatic heterocycles. The van der Waals surface area contributed by atoms with E-state index in [2.05, 4.69) is 29.1 Å². The summed E-state index contributed by atoms with van der Waals surface area (Å²) in [4.78, 5) is 8.90. The van der Waals surface area contributed by atoms with Crippen LogP contribution in [-0.2, 0) is 0 Å². The van der Waals surface area contributed by atoms with Crippen LogP contribution in [0.3, 0.4) is 0 Å². The summed E-state index contributed by atoms with van der Waals surface area (Å²) in [6.45, 7) is 8.07. The molecule has 21 heavy (non-hydrogen) atoms. The van der Waals surface area contributed by atoms with Gasteiger partial charge in [-0.3, -0.25) is 0 Å². The summed E-state index contributed by atoms with van der Waals surface area (Å²) in [7, 11) is 0. The molecule has 2 rings (SSSR count). The molecule has 1 N–H and O–H groups in total. The van der Waals surface area contributed by atoms with E-state index in [1.165, 1.54) is 32.1 Å². The van der Waals surface area contributed by atoms with Crippen LogP contribution in [0.1, 0.15) is 58.1 Å². The number of anilines is 1. The number of hydrogen-bond acceptors (Lipinski definition) is 4. The highest BCUT2D eigenvalue weighted by atomic mass is 16.5. The van der Waals surface area contributed by atoms with Crippen molar-refractivity contribution < 1.29 is 4.74 Å². The summed E-state index contributed by atoms with van der Waals surface area (Å²) < 4.78 is 5.61. The summed E-state index contributed by atoms with van der Waals surface area (Å²) >= 11 is 0. The molecule has 0 bridgehead atoms. The lowest BCUT2D eigenvalue weighted by Gasteiger charge is -2.27. The van der Waals surface area contributed by atoms with E-state index in [1.807, 2.05) is 13.0 Å². The van der Waals surface area contributed by atoms with E-state index >= 15 is 0 Å². The lowest BCUT2D eigenvalue weighted by Crippen LogP contribution is -2.21. The summed E-state index contributed by atoms with van der Waals surface area (Å²) in [5.41, 5.74) is 0.952. The van der Waals surface area contributed by atoms with Gasteiger partial charge < -0.3 is 10.1 Å². The fourth-order valence-corrected chi connectivity index (χ4v) is 2.98. The summed E-state index contributed by atoms with van der Waals surface area (Å²) in [5, 5.41) is 3.40. The molecule has 4 nitrogen and oxygen atoms in total. The zero-order chi connectivity index (χ0) is 15.1. The van der Waals surface area contributed by atoms with Crippen molar-refractivity contribution in [3.05, 3.63) is 11.8 Å². The van der Waals surface area contributed by atoms with Gasteiger partial charge in [0.1, 0.15) is 0 Å². The Kier molecular flexibility index (Phi) is 6.27. The SMILES string of the molecule is CCCOc1cc(C)nc(NCC2CCC(CC)CC2)n1. The molecule has 0 aromatic carbocycles. The molecule has 1 aromatic rings. The summed E-state index contributed by atoms with van der Waals surface area (Å²) in [6.07, 6.45) is 7.74. The topological polar surface area (TPSA) is 47.0 Å². The maximum Gasteiger partial charge on any atom is 0.226 e. The van der Waals surface area contributed by atoms with Gasteiger partial charge in [-0.1, -0.05) is 33.1 Å². The Hall–Kier alpha value is -1.32. The molecule has 118 valence electrons. The molecule has 0 unspecified atom stereocenters. The summed E-state index contributed by atoms with van der Waals surface area (Å²) in [6, 6.07) is 1.90. The van der Waals surface area contributed by atoms with Gasteiger partial charge in [-0.05, 0) is 38.0 Å². The lowest BCUT2D eigenvalue weighted by molar-refractivity contribution is 0.277. The highest BCUT2D eigenvalue weighted by Gasteiger charge is 2.19. The maximum absolute atomic E-state index is 5.61. The quantitative estimate of drug-likeness (QED) is 0.817. The van der Waals surface area contributed by atoms with Gasteiger partial charge in [-0.15, -0.1) is 0 Å². The molecule has 0 aliphatic heterocycles. The van der Waals surface area contributed by atoms with Crippen molar-refractivity contribution >= 4 is 5.95 Å². The van der Waals surface area contributed by atoms with E-state index < -0.39 is 0 Å². The molecule has 0 saturated heterocycles. The van der Waals surface area contributed by atoms with Gasteiger partial charge >= 0.3 is 0 Å². The highest BCUT2D eigenvalue weighted by molar-refractivity contribution is 5.30. The monoisotopic (exact) mass is 291 g/mol. The minimum Gasteiger partial charge on any atom is -0.478 e. The molecule has 0 spiro atoms. The third kappa shape index (κ3) is 5.18. The smallest absolute Gasteiger partial charge is 0.226 e. The van der Waals surface area contributed by atoms with Crippen LogP contribution in [0.2, 0.25) is 0 Å². The lowest BCUT2D eigenvalue weighted by atomic mass is 9.81. The van der Waals surface area contributed by atoms with Gasteiger partial charge in [0, 0.05) is 18.3 Å². The zero-order valence-electron chi connectivity index (χ0n) is 13.7. The van der Waals surface area contributed by atoms with Crippen LogP contribution in [0.15, 0.2) is 6.07 Å². The van der Waals surface area contributed by atoms with Gasteiger partial charge in [-0.25, -0.2) is 4.98 Å². The van der Waals surface area contributed by atoms with Gasteiger partial charge in [-0.2, -0.15) is 4.98 Å². The fourth-order valence-electron chi connectivity index (χ4n) is 2.98. The molecule has 1 fully saturated rings. The number of aromatic nitrogens is 2. The number of ether oxygens (including phenoxy) is 1. The Morgan fingerprint density at radius 1 is 1.14 bits per heavy atom. The van der Waals surface area contributed by atoms with E-state index in [1.54, 1.807) is 0 Å². The molecular formula is C17H29N3O. The second kappa shape index (κ2) is 8.20. The highest BCUT2D eigenvalue weighted by Crippen LogP contribution is 2.30. The van der Waals surface area contributed by atoms with Gasteiger partial charge in [0.15, 0.2) is 0 Å². The van der Waals surface area contributed by atoms with E-state index in [-0.39, 0.29) is 0 Å². The van der Waals surface area contributed by atoms with E-state index in [0.29, 0.717) is 18.4 Å². The zero-order valence-corrected chi connectivity index (χ0v) is 13.7. The number of aryl methyl sites for hydroxylation is 1. The van der Waals surface area contributed by atoms with Crippen molar-refractivity contribution in [3.8, 4) is 5.88 Å². The predicted molar refractivity (Wildman–Crippen MR) is 86.8 cm³/mol. The van der Waals surface area contributed by atoms with E-state index in [4.69, 9.17) is 4.74 Å². The van der Waals surface area contributed by atoms with E-state index in [0.717, 1.165) is 30.5 Å². The molecule has 4 heteroatoms.